The van der Waals surface area contributed by atoms with Crippen molar-refractivity contribution in [1.29, 1.82) is 0 Å². The van der Waals surface area contributed by atoms with Crippen molar-refractivity contribution in [2.45, 2.75) is 51.1 Å². The summed E-state index contributed by atoms with van der Waals surface area (Å²) in [5, 5.41) is 0. The van der Waals surface area contributed by atoms with Crippen LogP contribution >= 0.6 is 0 Å². The highest BCUT2D eigenvalue weighted by molar-refractivity contribution is 5.10. The first-order valence-corrected chi connectivity index (χ1v) is 7.46. The standard InChI is InChI=1S/C16H27N3/c1-14-4-3-8-16(13-17,9-5-14)19(2)12-15-6-10-18-11-7-15/h6-7,10-11,14H,3-5,8-9,12-13,17H2,1-2H3. The van der Waals surface area contributed by atoms with Crippen LogP contribution in [-0.2, 0) is 6.54 Å². The Morgan fingerprint density at radius 1 is 1.32 bits per heavy atom. The number of nitrogens with two attached hydrogens (primary N) is 1. The van der Waals surface area contributed by atoms with Gasteiger partial charge in [-0.05, 0) is 49.9 Å². The Hall–Kier alpha value is -0.930. The largest absolute Gasteiger partial charge is 0.329 e. The maximum atomic E-state index is 6.15. The number of hydrogen-bond donors (Lipinski definition) is 1. The predicted octanol–water partition coefficient (Wildman–Crippen LogP) is 2.81. The van der Waals surface area contributed by atoms with Crippen molar-refractivity contribution in [1.82, 2.24) is 9.88 Å². The molecule has 106 valence electrons. The summed E-state index contributed by atoms with van der Waals surface area (Å²) in [7, 11) is 2.23. The lowest BCUT2D eigenvalue weighted by molar-refractivity contribution is 0.0986. The van der Waals surface area contributed by atoms with E-state index in [4.69, 9.17) is 5.73 Å². The van der Waals surface area contributed by atoms with Crippen LogP contribution in [-0.4, -0.2) is 29.0 Å². The van der Waals surface area contributed by atoms with E-state index in [0.717, 1.165) is 19.0 Å². The SMILES string of the molecule is CC1CCCC(CN)(N(C)Cc2ccncc2)CC1. The Balaban J connectivity index is 2.07. The van der Waals surface area contributed by atoms with Gasteiger partial charge in [0.15, 0.2) is 0 Å². The van der Waals surface area contributed by atoms with Crippen LogP contribution < -0.4 is 5.73 Å². The fraction of sp³-hybridized carbons (Fsp3) is 0.688. The molecule has 1 fully saturated rings. The van der Waals surface area contributed by atoms with Crippen LogP contribution in [0.3, 0.4) is 0 Å². The molecule has 2 atom stereocenters. The second-order valence-electron chi connectivity index (χ2n) is 6.18. The second-order valence-corrected chi connectivity index (χ2v) is 6.18. The van der Waals surface area contributed by atoms with E-state index < -0.39 is 0 Å². The fourth-order valence-electron chi connectivity index (χ4n) is 3.24. The van der Waals surface area contributed by atoms with Crippen LogP contribution in [0.15, 0.2) is 24.5 Å². The van der Waals surface area contributed by atoms with Crippen molar-refractivity contribution in [2.24, 2.45) is 11.7 Å². The summed E-state index contributed by atoms with van der Waals surface area (Å²) < 4.78 is 0. The summed E-state index contributed by atoms with van der Waals surface area (Å²) in [6.07, 6.45) is 10.2. The van der Waals surface area contributed by atoms with E-state index in [1.807, 2.05) is 12.4 Å². The van der Waals surface area contributed by atoms with E-state index in [-0.39, 0.29) is 5.54 Å². The van der Waals surface area contributed by atoms with E-state index in [2.05, 4.69) is 36.0 Å². The van der Waals surface area contributed by atoms with Crippen LogP contribution in [0.5, 0.6) is 0 Å². The first-order valence-electron chi connectivity index (χ1n) is 7.46. The second kappa shape index (κ2) is 6.49. The van der Waals surface area contributed by atoms with E-state index in [0.29, 0.717) is 0 Å². The first kappa shape index (κ1) is 14.5. The molecule has 2 unspecified atom stereocenters. The lowest BCUT2D eigenvalue weighted by atomic mass is 9.87. The van der Waals surface area contributed by atoms with Gasteiger partial charge in [-0.3, -0.25) is 9.88 Å². The number of nitrogens with zero attached hydrogens (tertiary/aromatic N) is 2. The topological polar surface area (TPSA) is 42.1 Å². The third-order valence-corrected chi connectivity index (χ3v) is 4.80. The van der Waals surface area contributed by atoms with Crippen molar-refractivity contribution in [2.75, 3.05) is 13.6 Å². The monoisotopic (exact) mass is 261 g/mol. The third kappa shape index (κ3) is 3.54. The molecule has 0 amide bonds. The molecule has 2 N–H and O–H groups in total. The minimum absolute atomic E-state index is 0.189. The number of hydrogen-bond acceptors (Lipinski definition) is 3. The molecule has 1 aromatic heterocycles. The van der Waals surface area contributed by atoms with E-state index in [1.165, 1.54) is 37.7 Å². The summed E-state index contributed by atoms with van der Waals surface area (Å²) in [6.45, 7) is 4.10. The quantitative estimate of drug-likeness (QED) is 0.847. The minimum Gasteiger partial charge on any atom is -0.329 e. The molecule has 1 heterocycles. The summed E-state index contributed by atoms with van der Waals surface area (Å²) in [5.41, 5.74) is 7.66. The van der Waals surface area contributed by atoms with Gasteiger partial charge in [0, 0.05) is 31.0 Å². The molecular formula is C16H27N3. The summed E-state index contributed by atoms with van der Waals surface area (Å²) in [6, 6.07) is 4.19. The number of aromatic nitrogens is 1. The zero-order valence-corrected chi connectivity index (χ0v) is 12.3. The van der Waals surface area contributed by atoms with Gasteiger partial charge < -0.3 is 5.73 Å². The summed E-state index contributed by atoms with van der Waals surface area (Å²) in [5.74, 6) is 0.850. The third-order valence-electron chi connectivity index (χ3n) is 4.80. The minimum atomic E-state index is 0.189. The predicted molar refractivity (Wildman–Crippen MR) is 79.7 cm³/mol. The Kier molecular flexibility index (Phi) is 4.94. The number of pyridine rings is 1. The van der Waals surface area contributed by atoms with Gasteiger partial charge >= 0.3 is 0 Å². The van der Waals surface area contributed by atoms with Crippen LogP contribution in [0, 0.1) is 5.92 Å². The van der Waals surface area contributed by atoms with Crippen molar-refractivity contribution < 1.29 is 0 Å². The maximum Gasteiger partial charge on any atom is 0.0332 e. The van der Waals surface area contributed by atoms with Crippen LogP contribution in [0.25, 0.3) is 0 Å². The first-order chi connectivity index (χ1) is 9.16. The molecule has 1 aromatic rings. The average Bonchev–Trinajstić information content (AvgIpc) is 2.62. The van der Waals surface area contributed by atoms with Gasteiger partial charge in [-0.2, -0.15) is 0 Å². The lowest BCUT2D eigenvalue weighted by Gasteiger charge is -2.41. The number of rotatable bonds is 4. The van der Waals surface area contributed by atoms with Crippen molar-refractivity contribution in [3.8, 4) is 0 Å². The van der Waals surface area contributed by atoms with Crippen molar-refractivity contribution in [3.05, 3.63) is 30.1 Å². The molecule has 0 saturated heterocycles. The number of likely N-dealkylation sites (N-methyl/N-ethyl adjacent to an activating group) is 1. The highest BCUT2D eigenvalue weighted by Crippen LogP contribution is 2.34. The van der Waals surface area contributed by atoms with E-state index in [1.54, 1.807) is 0 Å². The normalized spacial score (nSPS) is 28.3. The van der Waals surface area contributed by atoms with Gasteiger partial charge in [-0.25, -0.2) is 0 Å². The molecule has 0 bridgehead atoms. The average molecular weight is 261 g/mol. The van der Waals surface area contributed by atoms with Gasteiger partial charge in [-0.15, -0.1) is 0 Å². The molecule has 1 aliphatic carbocycles. The Morgan fingerprint density at radius 3 is 2.74 bits per heavy atom. The van der Waals surface area contributed by atoms with Gasteiger partial charge in [0.2, 0.25) is 0 Å². The maximum absolute atomic E-state index is 6.15. The van der Waals surface area contributed by atoms with Gasteiger partial charge in [0.25, 0.3) is 0 Å². The Bertz CT molecular complexity index is 379. The lowest BCUT2D eigenvalue weighted by Crippen LogP contribution is -2.51. The molecular weight excluding hydrogens is 234 g/mol. The summed E-state index contributed by atoms with van der Waals surface area (Å²) >= 11 is 0. The molecule has 19 heavy (non-hydrogen) atoms. The Labute approximate surface area is 117 Å². The zero-order valence-electron chi connectivity index (χ0n) is 12.3. The molecule has 1 aliphatic rings. The van der Waals surface area contributed by atoms with E-state index >= 15 is 0 Å². The van der Waals surface area contributed by atoms with Gasteiger partial charge in [0.05, 0.1) is 0 Å². The molecule has 1 saturated carbocycles. The molecule has 2 rings (SSSR count). The molecule has 0 aromatic carbocycles. The van der Waals surface area contributed by atoms with Crippen LogP contribution in [0.4, 0.5) is 0 Å². The Morgan fingerprint density at radius 2 is 2.05 bits per heavy atom. The van der Waals surface area contributed by atoms with Crippen LogP contribution in [0.2, 0.25) is 0 Å². The summed E-state index contributed by atoms with van der Waals surface area (Å²) in [4.78, 5) is 6.56. The molecule has 0 spiro atoms. The van der Waals surface area contributed by atoms with Gasteiger partial charge in [0.1, 0.15) is 0 Å². The molecule has 3 heteroatoms. The fourth-order valence-corrected chi connectivity index (χ4v) is 3.24. The van der Waals surface area contributed by atoms with E-state index in [9.17, 15) is 0 Å². The van der Waals surface area contributed by atoms with Crippen molar-refractivity contribution in [3.63, 3.8) is 0 Å². The van der Waals surface area contributed by atoms with Crippen LogP contribution in [0.1, 0.15) is 44.6 Å². The highest BCUT2D eigenvalue weighted by atomic mass is 15.2. The molecule has 0 radical (unpaired) electrons. The molecule has 0 aliphatic heterocycles. The van der Waals surface area contributed by atoms with Gasteiger partial charge in [-0.1, -0.05) is 19.8 Å². The zero-order chi connectivity index (χ0) is 13.7. The van der Waals surface area contributed by atoms with Crippen molar-refractivity contribution >= 4 is 0 Å². The smallest absolute Gasteiger partial charge is 0.0332 e. The molecule has 3 nitrogen and oxygen atoms in total. The highest BCUT2D eigenvalue weighted by Gasteiger charge is 2.34.